The van der Waals surface area contributed by atoms with Crippen molar-refractivity contribution in [2.24, 2.45) is 0 Å². The Labute approximate surface area is 141 Å². The van der Waals surface area contributed by atoms with Crippen LogP contribution < -0.4 is 4.74 Å². The highest BCUT2D eigenvalue weighted by Gasteiger charge is 2.20. The van der Waals surface area contributed by atoms with Gasteiger partial charge >= 0.3 is 5.97 Å². The second kappa shape index (κ2) is 7.87. The Morgan fingerprint density at radius 2 is 2.00 bits per heavy atom. The monoisotopic (exact) mass is 355 g/mol. The molecule has 128 valence electrons. The fourth-order valence-electron chi connectivity index (χ4n) is 2.04. The third-order valence-electron chi connectivity index (χ3n) is 3.26. The molecule has 1 heterocycles. The van der Waals surface area contributed by atoms with Gasteiger partial charge in [0.15, 0.2) is 11.6 Å². The van der Waals surface area contributed by atoms with E-state index in [2.05, 4.69) is 0 Å². The minimum atomic E-state index is -1.05. The van der Waals surface area contributed by atoms with Gasteiger partial charge in [0, 0.05) is 24.5 Å². The highest BCUT2D eigenvalue weighted by Crippen LogP contribution is 2.23. The summed E-state index contributed by atoms with van der Waals surface area (Å²) in [5.41, 5.74) is 0.371. The van der Waals surface area contributed by atoms with Crippen molar-refractivity contribution < 1.29 is 28.2 Å². The molecule has 0 saturated heterocycles. The van der Waals surface area contributed by atoms with E-state index in [1.807, 2.05) is 0 Å². The van der Waals surface area contributed by atoms with Crippen molar-refractivity contribution in [3.63, 3.8) is 0 Å². The van der Waals surface area contributed by atoms with E-state index in [1.54, 1.807) is 11.4 Å². The van der Waals surface area contributed by atoms with Crippen molar-refractivity contribution >= 4 is 23.2 Å². The summed E-state index contributed by atoms with van der Waals surface area (Å²) in [7, 11) is 1.47. The number of benzene rings is 1. The third kappa shape index (κ3) is 4.51. The first kappa shape index (κ1) is 17.9. The van der Waals surface area contributed by atoms with Gasteiger partial charge in [0.1, 0.15) is 5.75 Å². The number of amides is 1. The predicted molar refractivity (Wildman–Crippen MR) is 84.2 cm³/mol. The Kier molecular flexibility index (Phi) is 5.86. The van der Waals surface area contributed by atoms with Crippen LogP contribution in [0.1, 0.15) is 21.7 Å². The quantitative estimate of drug-likeness (QED) is 0.829. The zero-order valence-corrected chi connectivity index (χ0v) is 13.6. The van der Waals surface area contributed by atoms with Crippen molar-refractivity contribution in [2.45, 2.75) is 13.0 Å². The largest absolute Gasteiger partial charge is 0.496 e. The number of carboxylic acid groups (broad SMARTS) is 1. The number of carbonyl (C=O) groups excluding carboxylic acids is 1. The zero-order chi connectivity index (χ0) is 17.7. The van der Waals surface area contributed by atoms with Gasteiger partial charge in [-0.2, -0.15) is 0 Å². The fraction of sp³-hybridized carbons (Fsp3) is 0.250. The van der Waals surface area contributed by atoms with E-state index in [0.717, 1.165) is 23.5 Å². The molecule has 1 N–H and O–H groups in total. The lowest BCUT2D eigenvalue weighted by Crippen LogP contribution is -2.32. The third-order valence-corrected chi connectivity index (χ3v) is 4.16. The van der Waals surface area contributed by atoms with E-state index in [-0.39, 0.29) is 19.5 Å². The lowest BCUT2D eigenvalue weighted by Gasteiger charge is -2.21. The van der Waals surface area contributed by atoms with Crippen LogP contribution in [0.4, 0.5) is 8.78 Å². The highest BCUT2D eigenvalue weighted by atomic mass is 32.1. The number of aliphatic carboxylic acids is 1. The summed E-state index contributed by atoms with van der Waals surface area (Å²) in [5, 5.41) is 10.5. The van der Waals surface area contributed by atoms with E-state index >= 15 is 0 Å². The maximum absolute atomic E-state index is 13.3. The number of thiophene rings is 1. The standard InChI is InChI=1S/C16H15F2NO4S/c1-23-11-7-14(24-9-11)16(22)19(5-4-15(20)21)8-10-2-3-12(17)13(18)6-10/h2-3,6-7,9H,4-5,8H2,1H3,(H,20,21). The Morgan fingerprint density at radius 3 is 2.58 bits per heavy atom. The normalized spacial score (nSPS) is 10.5. The van der Waals surface area contributed by atoms with Crippen LogP contribution in [0.2, 0.25) is 0 Å². The lowest BCUT2D eigenvalue weighted by molar-refractivity contribution is -0.137. The molecule has 0 aliphatic carbocycles. The Balaban J connectivity index is 2.20. The van der Waals surface area contributed by atoms with E-state index in [9.17, 15) is 18.4 Å². The molecule has 0 spiro atoms. The fourth-order valence-corrected chi connectivity index (χ4v) is 2.86. The number of rotatable bonds is 7. The number of carboxylic acids is 1. The molecule has 0 aliphatic heterocycles. The second-order valence-corrected chi connectivity index (χ2v) is 5.88. The number of nitrogens with zero attached hydrogens (tertiary/aromatic N) is 1. The molecule has 1 aromatic heterocycles. The lowest BCUT2D eigenvalue weighted by atomic mass is 10.2. The number of ether oxygens (including phenoxy) is 1. The van der Waals surface area contributed by atoms with E-state index < -0.39 is 23.5 Å². The zero-order valence-electron chi connectivity index (χ0n) is 12.8. The number of halogens is 2. The number of hydrogen-bond acceptors (Lipinski definition) is 4. The van der Waals surface area contributed by atoms with Crippen molar-refractivity contribution in [3.8, 4) is 5.75 Å². The smallest absolute Gasteiger partial charge is 0.305 e. The highest BCUT2D eigenvalue weighted by molar-refractivity contribution is 7.12. The molecular weight excluding hydrogens is 340 g/mol. The molecule has 1 amide bonds. The number of carbonyl (C=O) groups is 2. The maximum atomic E-state index is 13.3. The van der Waals surface area contributed by atoms with Crippen LogP contribution in [-0.2, 0) is 11.3 Å². The molecule has 0 unspecified atom stereocenters. The molecule has 0 aliphatic rings. The van der Waals surface area contributed by atoms with Crippen LogP contribution in [0, 0.1) is 11.6 Å². The molecule has 0 bridgehead atoms. The minimum absolute atomic E-state index is 0.0243. The molecule has 0 saturated carbocycles. The first-order valence-corrected chi connectivity index (χ1v) is 7.86. The van der Waals surface area contributed by atoms with Crippen molar-refractivity contribution in [1.82, 2.24) is 4.90 Å². The van der Waals surface area contributed by atoms with Gasteiger partial charge in [0.2, 0.25) is 0 Å². The van der Waals surface area contributed by atoms with Crippen LogP contribution in [0.15, 0.2) is 29.6 Å². The van der Waals surface area contributed by atoms with Gasteiger partial charge < -0.3 is 14.7 Å². The van der Waals surface area contributed by atoms with Crippen molar-refractivity contribution in [1.29, 1.82) is 0 Å². The summed E-state index contributed by atoms with van der Waals surface area (Å²) in [5.74, 6) is -2.92. The summed E-state index contributed by atoms with van der Waals surface area (Å²) in [6.07, 6.45) is -0.252. The predicted octanol–water partition coefficient (Wildman–Crippen LogP) is 3.15. The first-order chi connectivity index (χ1) is 11.4. The molecule has 0 fully saturated rings. The number of methoxy groups -OCH3 is 1. The van der Waals surface area contributed by atoms with E-state index in [1.165, 1.54) is 18.1 Å². The van der Waals surface area contributed by atoms with Gasteiger partial charge in [-0.15, -0.1) is 11.3 Å². The summed E-state index contributed by atoms with van der Waals surface area (Å²) in [6.45, 7) is -0.0725. The summed E-state index contributed by atoms with van der Waals surface area (Å²) < 4.78 is 31.4. The van der Waals surface area contributed by atoms with Gasteiger partial charge in [-0.1, -0.05) is 6.07 Å². The van der Waals surface area contributed by atoms with Crippen LogP contribution in [0.5, 0.6) is 5.75 Å². The van der Waals surface area contributed by atoms with Gasteiger partial charge in [-0.25, -0.2) is 8.78 Å². The average molecular weight is 355 g/mol. The van der Waals surface area contributed by atoms with Crippen LogP contribution in [0.3, 0.4) is 0 Å². The van der Waals surface area contributed by atoms with Gasteiger partial charge in [-0.05, 0) is 17.7 Å². The average Bonchev–Trinajstić information content (AvgIpc) is 3.03. The molecular formula is C16H15F2NO4S. The minimum Gasteiger partial charge on any atom is -0.496 e. The van der Waals surface area contributed by atoms with Gasteiger partial charge in [-0.3, -0.25) is 9.59 Å². The van der Waals surface area contributed by atoms with Gasteiger partial charge in [0.25, 0.3) is 5.91 Å². The molecule has 24 heavy (non-hydrogen) atoms. The van der Waals surface area contributed by atoms with Crippen molar-refractivity contribution in [3.05, 3.63) is 51.7 Å². The second-order valence-electron chi connectivity index (χ2n) is 4.97. The topological polar surface area (TPSA) is 66.8 Å². The van der Waals surface area contributed by atoms with E-state index in [4.69, 9.17) is 9.84 Å². The molecule has 5 nitrogen and oxygen atoms in total. The molecule has 0 radical (unpaired) electrons. The SMILES string of the molecule is COc1csc(C(=O)N(CCC(=O)O)Cc2ccc(F)c(F)c2)c1. The molecule has 1 aromatic carbocycles. The Bertz CT molecular complexity index is 747. The molecule has 0 atom stereocenters. The van der Waals surface area contributed by atoms with Crippen LogP contribution in [-0.4, -0.2) is 35.5 Å². The molecule has 8 heteroatoms. The molecule has 2 aromatic rings. The summed E-state index contributed by atoms with van der Waals surface area (Å²) in [6, 6.07) is 4.87. The van der Waals surface area contributed by atoms with Gasteiger partial charge in [0.05, 0.1) is 18.4 Å². The number of hydrogen-bond donors (Lipinski definition) is 1. The summed E-state index contributed by atoms with van der Waals surface area (Å²) in [4.78, 5) is 25.0. The van der Waals surface area contributed by atoms with Crippen molar-refractivity contribution in [2.75, 3.05) is 13.7 Å². The summed E-state index contributed by atoms with van der Waals surface area (Å²) >= 11 is 1.16. The Hall–Kier alpha value is -2.48. The van der Waals surface area contributed by atoms with Crippen LogP contribution in [0.25, 0.3) is 0 Å². The Morgan fingerprint density at radius 1 is 1.25 bits per heavy atom. The first-order valence-electron chi connectivity index (χ1n) is 6.98. The van der Waals surface area contributed by atoms with Crippen LogP contribution >= 0.6 is 11.3 Å². The van der Waals surface area contributed by atoms with E-state index in [0.29, 0.717) is 16.2 Å². The maximum Gasteiger partial charge on any atom is 0.305 e. The molecule has 2 rings (SSSR count).